The van der Waals surface area contributed by atoms with Gasteiger partial charge in [-0.3, -0.25) is 4.98 Å². The van der Waals surface area contributed by atoms with E-state index in [1.54, 1.807) is 0 Å². The molecular formula is C20H20FN. The number of rotatable bonds is 4. The van der Waals surface area contributed by atoms with Gasteiger partial charge in [0, 0.05) is 5.39 Å². The standard InChI is InChI=1S/C20H20FN/c1-3-14(4-2)15-5-7-16(8-6-15)17-9-10-20-18(11-17)12-19(21)13-22-20/h5-14H,3-4H2,1-2H3. The van der Waals surface area contributed by atoms with E-state index in [1.165, 1.54) is 17.8 Å². The lowest BCUT2D eigenvalue weighted by Crippen LogP contribution is -1.94. The maximum Gasteiger partial charge on any atom is 0.142 e. The predicted octanol–water partition coefficient (Wildman–Crippen LogP) is 5.94. The third kappa shape index (κ3) is 2.87. The maximum absolute atomic E-state index is 13.3. The molecule has 0 fully saturated rings. The Morgan fingerprint density at radius 1 is 0.909 bits per heavy atom. The van der Waals surface area contributed by atoms with Gasteiger partial charge in [-0.2, -0.15) is 0 Å². The molecule has 0 spiro atoms. The Hall–Kier alpha value is -2.22. The van der Waals surface area contributed by atoms with Gasteiger partial charge >= 0.3 is 0 Å². The van der Waals surface area contributed by atoms with Crippen LogP contribution in [0.1, 0.15) is 38.2 Å². The molecule has 0 radical (unpaired) electrons. The molecule has 0 aliphatic heterocycles. The van der Waals surface area contributed by atoms with Gasteiger partial charge < -0.3 is 0 Å². The Balaban J connectivity index is 1.96. The summed E-state index contributed by atoms with van der Waals surface area (Å²) in [6, 6.07) is 16.2. The van der Waals surface area contributed by atoms with Gasteiger partial charge in [-0.25, -0.2) is 4.39 Å². The van der Waals surface area contributed by atoms with Crippen LogP contribution in [-0.2, 0) is 0 Å². The Morgan fingerprint density at radius 3 is 2.27 bits per heavy atom. The third-order valence-corrected chi connectivity index (χ3v) is 4.35. The number of pyridine rings is 1. The minimum atomic E-state index is -0.297. The van der Waals surface area contributed by atoms with Gasteiger partial charge in [-0.15, -0.1) is 0 Å². The first-order valence-corrected chi connectivity index (χ1v) is 7.87. The molecule has 0 atom stereocenters. The Morgan fingerprint density at radius 2 is 1.59 bits per heavy atom. The molecule has 22 heavy (non-hydrogen) atoms. The fraction of sp³-hybridized carbons (Fsp3) is 0.250. The van der Waals surface area contributed by atoms with E-state index in [-0.39, 0.29) is 5.82 Å². The van der Waals surface area contributed by atoms with Crippen molar-refractivity contribution in [3.05, 3.63) is 66.1 Å². The zero-order chi connectivity index (χ0) is 15.5. The van der Waals surface area contributed by atoms with Crippen LogP contribution in [0, 0.1) is 5.82 Å². The molecule has 2 heteroatoms. The van der Waals surface area contributed by atoms with E-state index >= 15 is 0 Å². The van der Waals surface area contributed by atoms with Gasteiger partial charge in [-0.1, -0.05) is 44.2 Å². The van der Waals surface area contributed by atoms with Crippen LogP contribution in [0.15, 0.2) is 54.7 Å². The topological polar surface area (TPSA) is 12.9 Å². The van der Waals surface area contributed by atoms with Crippen molar-refractivity contribution in [2.24, 2.45) is 0 Å². The Kier molecular flexibility index (Phi) is 4.19. The highest BCUT2D eigenvalue weighted by Gasteiger charge is 2.07. The van der Waals surface area contributed by atoms with Crippen molar-refractivity contribution in [1.29, 1.82) is 0 Å². The number of fused-ring (bicyclic) bond motifs is 1. The normalized spacial score (nSPS) is 11.3. The van der Waals surface area contributed by atoms with Crippen LogP contribution in [-0.4, -0.2) is 4.98 Å². The molecule has 2 aromatic carbocycles. The van der Waals surface area contributed by atoms with Gasteiger partial charge in [0.05, 0.1) is 11.7 Å². The first-order chi connectivity index (χ1) is 10.7. The van der Waals surface area contributed by atoms with Crippen LogP contribution in [0.3, 0.4) is 0 Å². The molecule has 0 N–H and O–H groups in total. The third-order valence-electron chi connectivity index (χ3n) is 4.35. The summed E-state index contributed by atoms with van der Waals surface area (Å²) in [6.45, 7) is 4.46. The molecule has 0 aliphatic carbocycles. The van der Waals surface area contributed by atoms with Crippen molar-refractivity contribution in [2.45, 2.75) is 32.6 Å². The Bertz CT molecular complexity index is 773. The molecule has 0 unspecified atom stereocenters. The summed E-state index contributed by atoms with van der Waals surface area (Å²) in [4.78, 5) is 4.10. The second kappa shape index (κ2) is 6.27. The van der Waals surface area contributed by atoms with Gasteiger partial charge in [0.1, 0.15) is 5.82 Å². The van der Waals surface area contributed by atoms with Crippen LogP contribution in [0.5, 0.6) is 0 Å². The minimum absolute atomic E-state index is 0.297. The predicted molar refractivity (Wildman–Crippen MR) is 90.5 cm³/mol. The van der Waals surface area contributed by atoms with E-state index in [4.69, 9.17) is 0 Å². The smallest absolute Gasteiger partial charge is 0.142 e. The summed E-state index contributed by atoms with van der Waals surface area (Å²) >= 11 is 0. The number of aromatic nitrogens is 1. The average molecular weight is 293 g/mol. The average Bonchev–Trinajstić information content (AvgIpc) is 2.56. The fourth-order valence-electron chi connectivity index (χ4n) is 2.99. The van der Waals surface area contributed by atoms with Crippen molar-refractivity contribution in [3.63, 3.8) is 0 Å². The number of hydrogen-bond acceptors (Lipinski definition) is 1. The number of hydrogen-bond donors (Lipinski definition) is 0. The van der Waals surface area contributed by atoms with E-state index < -0.39 is 0 Å². The van der Waals surface area contributed by atoms with E-state index in [9.17, 15) is 4.39 Å². The summed E-state index contributed by atoms with van der Waals surface area (Å²) in [5.74, 6) is 0.331. The molecule has 1 heterocycles. The minimum Gasteiger partial charge on any atom is -0.253 e. The van der Waals surface area contributed by atoms with Crippen LogP contribution in [0.4, 0.5) is 4.39 Å². The summed E-state index contributed by atoms with van der Waals surface area (Å²) in [5, 5.41) is 0.835. The molecule has 1 aromatic heterocycles. The molecule has 0 amide bonds. The van der Waals surface area contributed by atoms with Gasteiger partial charge in [0.25, 0.3) is 0 Å². The van der Waals surface area contributed by atoms with E-state index in [2.05, 4.69) is 43.1 Å². The number of nitrogens with zero attached hydrogens (tertiary/aromatic N) is 1. The SMILES string of the molecule is CCC(CC)c1ccc(-c2ccc3ncc(F)cc3c2)cc1. The quantitative estimate of drug-likeness (QED) is 0.579. The van der Waals surface area contributed by atoms with Gasteiger partial charge in [0.15, 0.2) is 0 Å². The van der Waals surface area contributed by atoms with Crippen molar-refractivity contribution < 1.29 is 4.39 Å². The van der Waals surface area contributed by atoms with Crippen molar-refractivity contribution >= 4 is 10.9 Å². The molecule has 0 aliphatic rings. The summed E-state index contributed by atoms with van der Waals surface area (Å²) in [5.41, 5.74) is 4.46. The van der Waals surface area contributed by atoms with Crippen LogP contribution >= 0.6 is 0 Å². The molecule has 3 aromatic rings. The monoisotopic (exact) mass is 293 g/mol. The Labute approximate surface area is 130 Å². The van der Waals surface area contributed by atoms with Crippen molar-refractivity contribution in [1.82, 2.24) is 4.98 Å². The molecular weight excluding hydrogens is 273 g/mol. The second-order valence-corrected chi connectivity index (χ2v) is 5.70. The van der Waals surface area contributed by atoms with Gasteiger partial charge in [0.2, 0.25) is 0 Å². The first-order valence-electron chi connectivity index (χ1n) is 7.87. The highest BCUT2D eigenvalue weighted by atomic mass is 19.1. The fourth-order valence-corrected chi connectivity index (χ4v) is 2.99. The summed E-state index contributed by atoms with van der Waals surface area (Å²) < 4.78 is 13.3. The highest BCUT2D eigenvalue weighted by Crippen LogP contribution is 2.28. The largest absolute Gasteiger partial charge is 0.253 e. The zero-order valence-corrected chi connectivity index (χ0v) is 13.0. The molecule has 0 saturated carbocycles. The lowest BCUT2D eigenvalue weighted by molar-refractivity contribution is 0.624. The maximum atomic E-state index is 13.3. The second-order valence-electron chi connectivity index (χ2n) is 5.70. The molecule has 1 nitrogen and oxygen atoms in total. The van der Waals surface area contributed by atoms with E-state index in [0.29, 0.717) is 5.92 Å². The molecule has 3 rings (SSSR count). The van der Waals surface area contributed by atoms with Gasteiger partial charge in [-0.05, 0) is 53.6 Å². The van der Waals surface area contributed by atoms with Crippen molar-refractivity contribution in [3.8, 4) is 11.1 Å². The lowest BCUT2D eigenvalue weighted by atomic mass is 9.92. The highest BCUT2D eigenvalue weighted by molar-refractivity contribution is 5.84. The van der Waals surface area contributed by atoms with Crippen LogP contribution < -0.4 is 0 Å². The van der Waals surface area contributed by atoms with Crippen LogP contribution in [0.2, 0.25) is 0 Å². The molecule has 0 bridgehead atoms. The number of halogens is 1. The van der Waals surface area contributed by atoms with E-state index in [0.717, 1.165) is 34.9 Å². The lowest BCUT2D eigenvalue weighted by Gasteiger charge is -2.13. The first kappa shape index (κ1) is 14.7. The molecule has 112 valence electrons. The van der Waals surface area contributed by atoms with Crippen molar-refractivity contribution in [2.75, 3.05) is 0 Å². The molecule has 0 saturated heterocycles. The number of benzene rings is 2. The zero-order valence-electron chi connectivity index (χ0n) is 13.0. The summed E-state index contributed by atoms with van der Waals surface area (Å²) in [6.07, 6.45) is 3.58. The summed E-state index contributed by atoms with van der Waals surface area (Å²) in [7, 11) is 0. The van der Waals surface area contributed by atoms with E-state index in [1.807, 2.05) is 18.2 Å². The van der Waals surface area contributed by atoms with Crippen LogP contribution in [0.25, 0.3) is 22.0 Å².